The summed E-state index contributed by atoms with van der Waals surface area (Å²) in [6.07, 6.45) is 1.71. The van der Waals surface area contributed by atoms with Crippen LogP contribution in [0.4, 0.5) is 0 Å². The van der Waals surface area contributed by atoms with E-state index in [1.165, 1.54) is 23.8 Å². The first kappa shape index (κ1) is 19.2. The SMILES string of the molecule is CC(=O)SCC(=Cc1scnc1C(=O)O)B1OC(C)(C)C(C)(C)O1. The zero-order valence-corrected chi connectivity index (χ0v) is 15.9. The maximum atomic E-state index is 11.3. The Kier molecular flexibility index (Phi) is 5.59. The Morgan fingerprint density at radius 1 is 1.33 bits per heavy atom. The van der Waals surface area contributed by atoms with Crippen molar-refractivity contribution < 1.29 is 24.0 Å². The minimum absolute atomic E-state index is 0.0122. The van der Waals surface area contributed by atoms with Crippen molar-refractivity contribution in [3.63, 3.8) is 0 Å². The molecule has 1 N–H and O–H groups in total. The number of aromatic nitrogens is 1. The highest BCUT2D eigenvalue weighted by Gasteiger charge is 2.52. The molecule has 0 unspecified atom stereocenters. The number of hydrogen-bond donors (Lipinski definition) is 1. The van der Waals surface area contributed by atoms with Gasteiger partial charge >= 0.3 is 13.1 Å². The number of carboxylic acids is 1. The van der Waals surface area contributed by atoms with Gasteiger partial charge in [0.15, 0.2) is 10.8 Å². The maximum Gasteiger partial charge on any atom is 0.491 e. The van der Waals surface area contributed by atoms with Gasteiger partial charge in [0.1, 0.15) is 0 Å². The van der Waals surface area contributed by atoms with Gasteiger partial charge in [0, 0.05) is 12.7 Å². The highest BCUT2D eigenvalue weighted by molar-refractivity contribution is 8.13. The Hall–Kier alpha value is -1.16. The minimum atomic E-state index is -1.09. The van der Waals surface area contributed by atoms with Crippen LogP contribution < -0.4 is 0 Å². The molecule has 0 amide bonds. The first-order chi connectivity index (χ1) is 11.0. The Morgan fingerprint density at radius 3 is 2.42 bits per heavy atom. The summed E-state index contributed by atoms with van der Waals surface area (Å²) in [5.41, 5.74) is 1.15. The molecular formula is C15H20BNO5S2. The van der Waals surface area contributed by atoms with Crippen LogP contribution in [0.5, 0.6) is 0 Å². The quantitative estimate of drug-likeness (QED) is 0.798. The molecule has 0 radical (unpaired) electrons. The number of thiazole rings is 1. The molecule has 0 atom stereocenters. The molecule has 0 spiro atoms. The maximum absolute atomic E-state index is 11.3. The van der Waals surface area contributed by atoms with Gasteiger partial charge in [0.25, 0.3) is 0 Å². The van der Waals surface area contributed by atoms with Gasteiger partial charge in [-0.25, -0.2) is 9.78 Å². The number of hydrogen-bond acceptors (Lipinski definition) is 7. The summed E-state index contributed by atoms with van der Waals surface area (Å²) >= 11 is 2.36. The van der Waals surface area contributed by atoms with Crippen molar-refractivity contribution in [1.29, 1.82) is 0 Å². The summed E-state index contributed by atoms with van der Waals surface area (Å²) < 4.78 is 12.1. The molecule has 24 heavy (non-hydrogen) atoms. The van der Waals surface area contributed by atoms with Crippen LogP contribution in [0, 0.1) is 0 Å². The number of carboxylic acid groups (broad SMARTS) is 1. The van der Waals surface area contributed by atoms with Crippen molar-refractivity contribution in [1.82, 2.24) is 4.98 Å². The van der Waals surface area contributed by atoms with Crippen LogP contribution in [0.25, 0.3) is 6.08 Å². The summed E-state index contributed by atoms with van der Waals surface area (Å²) in [6.45, 7) is 9.26. The van der Waals surface area contributed by atoms with Crippen LogP contribution >= 0.6 is 23.1 Å². The molecule has 1 aliphatic heterocycles. The third-order valence-electron chi connectivity index (χ3n) is 4.11. The third-order valence-corrected chi connectivity index (χ3v) is 5.77. The van der Waals surface area contributed by atoms with Crippen molar-refractivity contribution in [2.24, 2.45) is 0 Å². The van der Waals surface area contributed by atoms with E-state index in [4.69, 9.17) is 9.31 Å². The van der Waals surface area contributed by atoms with E-state index in [1.54, 1.807) is 6.08 Å². The zero-order chi connectivity index (χ0) is 18.1. The Labute approximate surface area is 149 Å². The van der Waals surface area contributed by atoms with Crippen LogP contribution in [-0.2, 0) is 14.1 Å². The molecular weight excluding hydrogens is 349 g/mol. The van der Waals surface area contributed by atoms with E-state index in [-0.39, 0.29) is 10.8 Å². The van der Waals surface area contributed by atoms with Crippen molar-refractivity contribution in [2.45, 2.75) is 45.8 Å². The second-order valence-corrected chi connectivity index (χ2v) is 8.50. The van der Waals surface area contributed by atoms with E-state index in [0.29, 0.717) is 16.1 Å². The lowest BCUT2D eigenvalue weighted by atomic mass is 9.79. The van der Waals surface area contributed by atoms with Gasteiger partial charge in [-0.15, -0.1) is 11.3 Å². The Bertz CT molecular complexity index is 667. The highest BCUT2D eigenvalue weighted by atomic mass is 32.2. The molecule has 1 fully saturated rings. The fourth-order valence-electron chi connectivity index (χ4n) is 2.04. The number of thioether (sulfide) groups is 1. The van der Waals surface area contributed by atoms with Gasteiger partial charge in [-0.1, -0.05) is 11.8 Å². The van der Waals surface area contributed by atoms with E-state index in [9.17, 15) is 14.7 Å². The van der Waals surface area contributed by atoms with Crippen LogP contribution in [0.3, 0.4) is 0 Å². The van der Waals surface area contributed by atoms with Gasteiger partial charge in [-0.3, -0.25) is 4.79 Å². The van der Waals surface area contributed by atoms with Gasteiger partial charge in [-0.2, -0.15) is 0 Å². The van der Waals surface area contributed by atoms with Crippen molar-refractivity contribution >= 4 is 47.4 Å². The lowest BCUT2D eigenvalue weighted by molar-refractivity contribution is -0.109. The Balaban J connectivity index is 2.35. The third kappa shape index (κ3) is 4.08. The smallest absolute Gasteiger partial charge is 0.476 e. The molecule has 0 aromatic carbocycles. The number of rotatable bonds is 5. The molecule has 9 heteroatoms. The van der Waals surface area contributed by atoms with Crippen LogP contribution in [0.1, 0.15) is 50.0 Å². The molecule has 2 rings (SSSR count). The summed E-state index contributed by atoms with van der Waals surface area (Å²) in [7, 11) is -0.634. The second-order valence-electron chi connectivity index (χ2n) is 6.46. The molecule has 0 bridgehead atoms. The molecule has 2 heterocycles. The summed E-state index contributed by atoms with van der Waals surface area (Å²) in [4.78, 5) is 27.0. The van der Waals surface area contributed by atoms with Gasteiger partial charge in [0.2, 0.25) is 0 Å². The van der Waals surface area contributed by atoms with E-state index >= 15 is 0 Å². The fourth-order valence-corrected chi connectivity index (χ4v) is 3.38. The Morgan fingerprint density at radius 2 is 1.92 bits per heavy atom. The van der Waals surface area contributed by atoms with E-state index in [1.807, 2.05) is 27.7 Å². The summed E-state index contributed by atoms with van der Waals surface area (Å²) in [5.74, 6) is -0.724. The topological polar surface area (TPSA) is 85.7 Å². The summed E-state index contributed by atoms with van der Waals surface area (Å²) in [5, 5.41) is 9.18. The largest absolute Gasteiger partial charge is 0.491 e. The van der Waals surface area contributed by atoms with Crippen molar-refractivity contribution in [3.8, 4) is 0 Å². The average molecular weight is 369 g/mol. The van der Waals surface area contributed by atoms with Crippen molar-refractivity contribution in [3.05, 3.63) is 21.6 Å². The lowest BCUT2D eigenvalue weighted by Gasteiger charge is -2.32. The number of carbonyl (C=O) groups excluding carboxylic acids is 1. The zero-order valence-electron chi connectivity index (χ0n) is 14.3. The lowest BCUT2D eigenvalue weighted by Crippen LogP contribution is -2.41. The minimum Gasteiger partial charge on any atom is -0.476 e. The van der Waals surface area contributed by atoms with E-state index in [0.717, 1.165) is 11.8 Å². The molecule has 0 saturated carbocycles. The molecule has 0 aliphatic carbocycles. The second kappa shape index (κ2) is 6.99. The van der Waals surface area contributed by atoms with Crippen molar-refractivity contribution in [2.75, 3.05) is 5.75 Å². The predicted octanol–water partition coefficient (Wildman–Crippen LogP) is 3.14. The number of aromatic carboxylic acids is 1. The van der Waals surface area contributed by atoms with Crippen LogP contribution in [-0.4, -0.2) is 45.2 Å². The molecule has 1 aromatic rings. The molecule has 1 aromatic heterocycles. The summed E-state index contributed by atoms with van der Waals surface area (Å²) in [6, 6.07) is 0. The highest BCUT2D eigenvalue weighted by Crippen LogP contribution is 2.39. The van der Waals surface area contributed by atoms with Gasteiger partial charge in [-0.05, 0) is 39.2 Å². The standard InChI is InChI=1S/C15H20BNO5S2/c1-9(18)23-7-10(6-11-12(13(19)20)17-8-24-11)16-21-14(2,3)15(4,5)22-16/h6,8H,7H2,1-5H3,(H,19,20). The molecule has 130 valence electrons. The molecule has 1 aliphatic rings. The first-order valence-electron chi connectivity index (χ1n) is 7.40. The normalized spacial score (nSPS) is 19.5. The average Bonchev–Trinajstić information content (AvgIpc) is 2.97. The predicted molar refractivity (Wildman–Crippen MR) is 96.3 cm³/mol. The van der Waals surface area contributed by atoms with E-state index < -0.39 is 24.3 Å². The first-order valence-corrected chi connectivity index (χ1v) is 9.26. The van der Waals surface area contributed by atoms with Gasteiger partial charge < -0.3 is 14.4 Å². The molecule has 6 nitrogen and oxygen atoms in total. The van der Waals surface area contributed by atoms with Gasteiger partial charge in [0.05, 0.1) is 21.6 Å². The van der Waals surface area contributed by atoms with Crippen LogP contribution in [0.2, 0.25) is 0 Å². The number of nitrogens with zero attached hydrogens (tertiary/aromatic N) is 1. The number of carbonyl (C=O) groups is 2. The fraction of sp³-hybridized carbons (Fsp3) is 0.533. The van der Waals surface area contributed by atoms with Crippen LogP contribution in [0.15, 0.2) is 11.0 Å². The van der Waals surface area contributed by atoms with E-state index in [2.05, 4.69) is 4.98 Å². The molecule has 1 saturated heterocycles. The monoisotopic (exact) mass is 369 g/mol.